The van der Waals surface area contributed by atoms with Crippen LogP contribution in [-0.2, 0) is 6.42 Å². The number of nitrogens with zero attached hydrogens (tertiary/aromatic N) is 1. The van der Waals surface area contributed by atoms with E-state index >= 15 is 0 Å². The van der Waals surface area contributed by atoms with Gasteiger partial charge in [-0.05, 0) is 35.9 Å². The Labute approximate surface area is 143 Å². The van der Waals surface area contributed by atoms with Crippen LogP contribution in [0.5, 0.6) is 5.75 Å². The Kier molecular flexibility index (Phi) is 3.93. The first-order chi connectivity index (χ1) is 11.3. The predicted molar refractivity (Wildman–Crippen MR) is 95.8 cm³/mol. The summed E-state index contributed by atoms with van der Waals surface area (Å²) in [5.41, 5.74) is 4.38. The lowest BCUT2D eigenvalue weighted by molar-refractivity contribution is 0.323. The number of fused-ring (bicyclic) bond motifs is 1. The molecule has 2 heterocycles. The fourth-order valence-corrected chi connectivity index (χ4v) is 3.57. The second-order valence-corrected chi connectivity index (χ2v) is 6.79. The molecule has 0 atom stereocenters. The van der Waals surface area contributed by atoms with Crippen molar-refractivity contribution in [3.05, 3.63) is 63.4 Å². The van der Waals surface area contributed by atoms with Gasteiger partial charge in [0.2, 0.25) is 0 Å². The minimum atomic E-state index is 0.717. The number of halogens is 1. The topological polar surface area (TPSA) is 34.2 Å². The number of hydrogen-bond acceptors (Lipinski definition) is 4. The first kappa shape index (κ1) is 14.5. The fraction of sp³-hybridized carbons (Fsp3) is 0.167. The summed E-state index contributed by atoms with van der Waals surface area (Å²) in [5.74, 6) is 0.914. The van der Waals surface area contributed by atoms with Gasteiger partial charge in [0.15, 0.2) is 0 Å². The molecule has 0 unspecified atom stereocenters. The SMILES string of the molecule is Clc1ccc(Cc2nc(-c3ccc4c(c3)NCCO4)cs2)cc1. The van der Waals surface area contributed by atoms with E-state index < -0.39 is 0 Å². The van der Waals surface area contributed by atoms with Crippen LogP contribution in [0.1, 0.15) is 10.6 Å². The van der Waals surface area contributed by atoms with Crippen LogP contribution in [0.15, 0.2) is 47.8 Å². The highest BCUT2D eigenvalue weighted by Gasteiger charge is 2.12. The summed E-state index contributed by atoms with van der Waals surface area (Å²) in [4.78, 5) is 4.76. The number of nitrogens with one attached hydrogen (secondary N) is 1. The molecule has 1 N–H and O–H groups in total. The third kappa shape index (κ3) is 3.19. The van der Waals surface area contributed by atoms with Gasteiger partial charge < -0.3 is 10.1 Å². The summed E-state index contributed by atoms with van der Waals surface area (Å²) in [5, 5.41) is 7.33. The van der Waals surface area contributed by atoms with Crippen molar-refractivity contribution in [1.29, 1.82) is 0 Å². The van der Waals surface area contributed by atoms with Gasteiger partial charge in [0.25, 0.3) is 0 Å². The highest BCUT2D eigenvalue weighted by Crippen LogP contribution is 2.33. The molecule has 0 saturated heterocycles. The van der Waals surface area contributed by atoms with Crippen molar-refractivity contribution in [2.24, 2.45) is 0 Å². The molecule has 3 nitrogen and oxygen atoms in total. The number of benzene rings is 2. The average molecular weight is 343 g/mol. The molecule has 1 aliphatic heterocycles. The Morgan fingerprint density at radius 3 is 2.91 bits per heavy atom. The zero-order chi connectivity index (χ0) is 15.6. The molecule has 0 amide bonds. The Hall–Kier alpha value is -2.04. The maximum absolute atomic E-state index is 5.93. The Morgan fingerprint density at radius 1 is 1.17 bits per heavy atom. The molecule has 4 rings (SSSR count). The van der Waals surface area contributed by atoms with E-state index in [4.69, 9.17) is 21.3 Å². The van der Waals surface area contributed by atoms with Gasteiger partial charge in [-0.3, -0.25) is 0 Å². The molecule has 0 spiro atoms. The van der Waals surface area contributed by atoms with E-state index in [-0.39, 0.29) is 0 Å². The molecule has 0 radical (unpaired) electrons. The summed E-state index contributed by atoms with van der Waals surface area (Å²) in [6.45, 7) is 1.56. The van der Waals surface area contributed by atoms with Crippen LogP contribution in [-0.4, -0.2) is 18.1 Å². The second kappa shape index (κ2) is 6.22. The predicted octanol–water partition coefficient (Wildman–Crippen LogP) is 4.86. The molecule has 5 heteroatoms. The van der Waals surface area contributed by atoms with E-state index in [1.165, 1.54) is 5.56 Å². The van der Waals surface area contributed by atoms with Gasteiger partial charge in [-0.2, -0.15) is 0 Å². The molecule has 0 saturated carbocycles. The van der Waals surface area contributed by atoms with Gasteiger partial charge in [-0.15, -0.1) is 11.3 Å². The lowest BCUT2D eigenvalue weighted by Crippen LogP contribution is -2.17. The molecule has 3 aromatic rings. The van der Waals surface area contributed by atoms with E-state index in [0.29, 0.717) is 6.61 Å². The molecule has 2 aromatic carbocycles. The normalized spacial score (nSPS) is 13.1. The smallest absolute Gasteiger partial charge is 0.142 e. The Morgan fingerprint density at radius 2 is 2.04 bits per heavy atom. The minimum Gasteiger partial charge on any atom is -0.490 e. The highest BCUT2D eigenvalue weighted by molar-refractivity contribution is 7.10. The number of aromatic nitrogens is 1. The van der Waals surface area contributed by atoms with Crippen LogP contribution in [0.4, 0.5) is 5.69 Å². The van der Waals surface area contributed by atoms with E-state index in [9.17, 15) is 0 Å². The summed E-state index contributed by atoms with van der Waals surface area (Å²) >= 11 is 7.61. The zero-order valence-electron chi connectivity index (χ0n) is 12.4. The lowest BCUT2D eigenvalue weighted by Gasteiger charge is -2.19. The van der Waals surface area contributed by atoms with E-state index in [1.54, 1.807) is 11.3 Å². The summed E-state index contributed by atoms with van der Waals surface area (Å²) in [6, 6.07) is 14.1. The molecule has 116 valence electrons. The molecular weight excluding hydrogens is 328 g/mol. The second-order valence-electron chi connectivity index (χ2n) is 5.42. The van der Waals surface area contributed by atoms with Crippen molar-refractivity contribution in [2.75, 3.05) is 18.5 Å². The number of ether oxygens (including phenoxy) is 1. The van der Waals surface area contributed by atoms with Gasteiger partial charge in [0.05, 0.1) is 16.4 Å². The number of hydrogen-bond donors (Lipinski definition) is 1. The van der Waals surface area contributed by atoms with Gasteiger partial charge in [0.1, 0.15) is 12.4 Å². The first-order valence-corrected chi connectivity index (χ1v) is 8.74. The fourth-order valence-electron chi connectivity index (χ4n) is 2.60. The Bertz CT molecular complexity index is 829. The number of thiazole rings is 1. The van der Waals surface area contributed by atoms with Crippen molar-refractivity contribution >= 4 is 28.6 Å². The summed E-state index contributed by atoms with van der Waals surface area (Å²) in [7, 11) is 0. The van der Waals surface area contributed by atoms with Gasteiger partial charge in [-0.25, -0.2) is 4.98 Å². The van der Waals surface area contributed by atoms with Gasteiger partial charge >= 0.3 is 0 Å². The zero-order valence-corrected chi connectivity index (χ0v) is 14.0. The molecule has 1 aliphatic rings. The van der Waals surface area contributed by atoms with Crippen molar-refractivity contribution in [1.82, 2.24) is 4.98 Å². The van der Waals surface area contributed by atoms with Crippen LogP contribution in [0.3, 0.4) is 0 Å². The summed E-state index contributed by atoms with van der Waals surface area (Å²) in [6.07, 6.45) is 0.828. The Balaban J connectivity index is 1.56. The molecule has 0 aliphatic carbocycles. The van der Waals surface area contributed by atoms with Crippen LogP contribution in [0.25, 0.3) is 11.3 Å². The molecule has 0 fully saturated rings. The van der Waals surface area contributed by atoms with Crippen LogP contribution in [0, 0.1) is 0 Å². The van der Waals surface area contributed by atoms with E-state index in [1.807, 2.05) is 30.3 Å². The van der Waals surface area contributed by atoms with Crippen molar-refractivity contribution in [3.8, 4) is 17.0 Å². The van der Waals surface area contributed by atoms with Crippen LogP contribution < -0.4 is 10.1 Å². The first-order valence-electron chi connectivity index (χ1n) is 7.48. The largest absolute Gasteiger partial charge is 0.490 e. The van der Waals surface area contributed by atoms with Crippen molar-refractivity contribution in [3.63, 3.8) is 0 Å². The van der Waals surface area contributed by atoms with E-state index in [2.05, 4.69) is 22.8 Å². The third-order valence-corrected chi connectivity index (χ3v) is 4.87. The van der Waals surface area contributed by atoms with Crippen LogP contribution in [0.2, 0.25) is 5.02 Å². The molecule has 23 heavy (non-hydrogen) atoms. The van der Waals surface area contributed by atoms with Crippen molar-refractivity contribution < 1.29 is 4.74 Å². The quantitative estimate of drug-likeness (QED) is 0.738. The maximum Gasteiger partial charge on any atom is 0.142 e. The van der Waals surface area contributed by atoms with Crippen molar-refractivity contribution in [2.45, 2.75) is 6.42 Å². The van der Waals surface area contributed by atoms with Gasteiger partial charge in [0, 0.05) is 28.9 Å². The maximum atomic E-state index is 5.93. The molecule has 1 aromatic heterocycles. The van der Waals surface area contributed by atoms with Crippen LogP contribution >= 0.6 is 22.9 Å². The lowest BCUT2D eigenvalue weighted by atomic mass is 10.1. The van der Waals surface area contributed by atoms with Gasteiger partial charge in [-0.1, -0.05) is 23.7 Å². The summed E-state index contributed by atoms with van der Waals surface area (Å²) < 4.78 is 5.62. The average Bonchev–Trinajstić information content (AvgIpc) is 3.05. The molecule has 0 bridgehead atoms. The third-order valence-electron chi connectivity index (χ3n) is 3.77. The highest BCUT2D eigenvalue weighted by atomic mass is 35.5. The number of rotatable bonds is 3. The standard InChI is InChI=1S/C18H15ClN2OS/c19-14-4-1-12(2-5-14)9-18-21-16(11-23-18)13-3-6-17-15(10-13)20-7-8-22-17/h1-6,10-11,20H,7-9H2. The monoisotopic (exact) mass is 342 g/mol. The van der Waals surface area contributed by atoms with E-state index in [0.717, 1.165) is 45.7 Å². The number of anilines is 1. The molecular formula is C18H15ClN2OS. The minimum absolute atomic E-state index is 0.717.